The molecular formula is C25H27F3N6O5S. The quantitative estimate of drug-likeness (QED) is 0.469. The summed E-state index contributed by atoms with van der Waals surface area (Å²) in [6, 6.07) is 8.71. The molecule has 2 unspecified atom stereocenters. The molecule has 0 spiro atoms. The Kier molecular flexibility index (Phi) is 7.54. The number of hydrogen-bond acceptors (Lipinski definition) is 10. The smallest absolute Gasteiger partial charge is 0.378 e. The first-order valence-electron chi connectivity index (χ1n) is 12.5. The van der Waals surface area contributed by atoms with Crippen molar-refractivity contribution in [2.45, 2.75) is 49.9 Å². The molecule has 40 heavy (non-hydrogen) atoms. The molecule has 1 amide bonds. The molecule has 0 aliphatic carbocycles. The van der Waals surface area contributed by atoms with Crippen LogP contribution in [0.1, 0.15) is 25.8 Å². The Morgan fingerprint density at radius 2 is 2.10 bits per heavy atom. The summed E-state index contributed by atoms with van der Waals surface area (Å²) in [5, 5.41) is 6.88. The average Bonchev–Trinajstić information content (AvgIpc) is 3.21. The first kappa shape index (κ1) is 28.0. The van der Waals surface area contributed by atoms with Crippen LogP contribution in [-0.2, 0) is 25.6 Å². The summed E-state index contributed by atoms with van der Waals surface area (Å²) in [5.41, 5.74) is -0.325. The second-order valence-corrected chi connectivity index (χ2v) is 11.3. The van der Waals surface area contributed by atoms with E-state index in [2.05, 4.69) is 20.6 Å². The highest BCUT2D eigenvalue weighted by Crippen LogP contribution is 2.46. The van der Waals surface area contributed by atoms with Gasteiger partial charge in [-0.3, -0.25) is 9.69 Å². The van der Waals surface area contributed by atoms with Gasteiger partial charge in [-0.15, -0.1) is 0 Å². The van der Waals surface area contributed by atoms with Gasteiger partial charge in [0, 0.05) is 36.4 Å². The Labute approximate surface area is 231 Å². The largest absolute Gasteiger partial charge is 0.493 e. The molecular weight excluding hydrogens is 553 g/mol. The molecule has 1 aromatic heterocycles. The van der Waals surface area contributed by atoms with Gasteiger partial charge in [-0.2, -0.15) is 23.2 Å². The Hall–Kier alpha value is -3.56. The van der Waals surface area contributed by atoms with Crippen LogP contribution in [0.5, 0.6) is 0 Å². The zero-order valence-electron chi connectivity index (χ0n) is 21.6. The van der Waals surface area contributed by atoms with Crippen LogP contribution < -0.4 is 16.3 Å². The van der Waals surface area contributed by atoms with Crippen molar-refractivity contribution in [1.82, 2.24) is 25.2 Å². The molecule has 15 heteroatoms. The van der Waals surface area contributed by atoms with Gasteiger partial charge in [0.2, 0.25) is 0 Å². The summed E-state index contributed by atoms with van der Waals surface area (Å²) in [6.45, 7) is 4.41. The number of benzene rings is 1. The number of alkyl halides is 3. The fourth-order valence-corrected chi connectivity index (χ4v) is 6.19. The first-order chi connectivity index (χ1) is 18.9. The first-order valence-corrected chi connectivity index (χ1v) is 13.3. The fourth-order valence-electron chi connectivity index (χ4n) is 4.84. The SMILES string of the molecule is CC1(C)CC2=C(SC(N3CCOCC3Cc3cccc(Nc4cc[nH]c(=O)n4)c3)N2OC(=O)C(F)(F)F)C(=O)N1. The number of H-pyrrole nitrogens is 1. The molecule has 1 fully saturated rings. The van der Waals surface area contributed by atoms with Crippen LogP contribution in [-0.4, -0.2) is 74.8 Å². The summed E-state index contributed by atoms with van der Waals surface area (Å²) in [4.78, 5) is 49.7. The van der Waals surface area contributed by atoms with E-state index >= 15 is 0 Å². The molecule has 1 saturated heterocycles. The summed E-state index contributed by atoms with van der Waals surface area (Å²) in [7, 11) is 0. The average molecular weight is 581 g/mol. The number of ether oxygens (including phenoxy) is 1. The van der Waals surface area contributed by atoms with E-state index in [0.717, 1.165) is 22.4 Å². The van der Waals surface area contributed by atoms with Crippen molar-refractivity contribution < 1.29 is 32.3 Å². The maximum absolute atomic E-state index is 13.2. The van der Waals surface area contributed by atoms with Crippen molar-refractivity contribution in [3.05, 3.63) is 63.2 Å². The van der Waals surface area contributed by atoms with Crippen molar-refractivity contribution in [2.75, 3.05) is 25.1 Å². The van der Waals surface area contributed by atoms with Gasteiger partial charge in [0.15, 0.2) is 5.50 Å². The molecule has 2 atom stereocenters. The van der Waals surface area contributed by atoms with Crippen LogP contribution in [0.15, 0.2) is 51.9 Å². The fraction of sp³-hybridized carbons (Fsp3) is 0.440. The zero-order chi connectivity index (χ0) is 28.7. The summed E-state index contributed by atoms with van der Waals surface area (Å²) >= 11 is 1.06. The van der Waals surface area contributed by atoms with E-state index in [1.54, 1.807) is 19.9 Å². The van der Waals surface area contributed by atoms with E-state index in [1.807, 2.05) is 29.2 Å². The van der Waals surface area contributed by atoms with Crippen LogP contribution >= 0.6 is 11.8 Å². The predicted octanol–water partition coefficient (Wildman–Crippen LogP) is 2.62. The normalized spacial score (nSPS) is 23.0. The van der Waals surface area contributed by atoms with Gasteiger partial charge >= 0.3 is 17.8 Å². The van der Waals surface area contributed by atoms with E-state index in [-0.39, 0.29) is 29.7 Å². The molecule has 0 radical (unpaired) electrons. The van der Waals surface area contributed by atoms with Gasteiger partial charge in [0.05, 0.1) is 23.8 Å². The minimum atomic E-state index is -5.21. The van der Waals surface area contributed by atoms with Gasteiger partial charge in [-0.25, -0.2) is 9.59 Å². The maximum atomic E-state index is 13.2. The highest BCUT2D eigenvalue weighted by Gasteiger charge is 2.51. The number of aromatic nitrogens is 2. The molecule has 3 aliphatic heterocycles. The lowest BCUT2D eigenvalue weighted by molar-refractivity contribution is -0.243. The van der Waals surface area contributed by atoms with Crippen LogP contribution in [0.4, 0.5) is 24.7 Å². The third-order valence-electron chi connectivity index (χ3n) is 6.53. The maximum Gasteiger partial charge on any atom is 0.493 e. The van der Waals surface area contributed by atoms with E-state index < -0.39 is 34.8 Å². The number of rotatable bonds is 6. The Morgan fingerprint density at radius 1 is 1.30 bits per heavy atom. The van der Waals surface area contributed by atoms with Crippen LogP contribution in [0, 0.1) is 0 Å². The number of hydroxylamine groups is 2. The van der Waals surface area contributed by atoms with E-state index in [1.165, 1.54) is 6.20 Å². The number of nitrogens with one attached hydrogen (secondary N) is 3. The Balaban J connectivity index is 1.39. The molecule has 0 bridgehead atoms. The molecule has 1 aromatic carbocycles. The summed E-state index contributed by atoms with van der Waals surface area (Å²) in [6.07, 6.45) is -3.10. The van der Waals surface area contributed by atoms with Gasteiger partial charge < -0.3 is 25.2 Å². The second kappa shape index (κ2) is 10.8. The Morgan fingerprint density at radius 3 is 2.85 bits per heavy atom. The van der Waals surface area contributed by atoms with Gasteiger partial charge in [-0.05, 0) is 44.0 Å². The number of carbonyl (C=O) groups excluding carboxylic acids is 2. The van der Waals surface area contributed by atoms with E-state index in [4.69, 9.17) is 9.57 Å². The van der Waals surface area contributed by atoms with Crippen molar-refractivity contribution in [1.29, 1.82) is 0 Å². The van der Waals surface area contributed by atoms with Gasteiger partial charge in [-0.1, -0.05) is 23.9 Å². The molecule has 4 heterocycles. The molecule has 3 aliphatic rings. The number of halogens is 3. The number of aromatic amines is 1. The third-order valence-corrected chi connectivity index (χ3v) is 7.86. The lowest BCUT2D eigenvalue weighted by atomic mass is 9.94. The molecule has 2 aromatic rings. The van der Waals surface area contributed by atoms with Gasteiger partial charge in [0.1, 0.15) is 5.82 Å². The third kappa shape index (κ3) is 6.10. The standard InChI is InChI=1S/C25H27F3N6O5S/c1-24(2)12-17-19(20(35)32-24)40-23(34(17)39-21(36)25(26,27)28)33-8-9-38-13-16(33)11-14-4-3-5-15(10-14)30-18-6-7-29-22(37)31-18/h3-7,10,16,23H,8-9,11-13H2,1-2H3,(H,32,35)(H2,29,30,31,37). The number of anilines is 2. The van der Waals surface area contributed by atoms with Crippen molar-refractivity contribution >= 4 is 35.1 Å². The highest BCUT2D eigenvalue weighted by atomic mass is 32.2. The number of thioether (sulfide) groups is 1. The number of morpholine rings is 1. The zero-order valence-corrected chi connectivity index (χ0v) is 22.4. The molecule has 5 rings (SSSR count). The van der Waals surface area contributed by atoms with Crippen LogP contribution in [0.3, 0.4) is 0 Å². The number of amides is 1. The Bertz CT molecular complexity index is 1400. The van der Waals surface area contributed by atoms with Crippen molar-refractivity contribution in [3.8, 4) is 0 Å². The highest BCUT2D eigenvalue weighted by molar-refractivity contribution is 8.04. The number of carbonyl (C=O) groups is 2. The monoisotopic (exact) mass is 580 g/mol. The number of hydrogen-bond donors (Lipinski definition) is 3. The van der Waals surface area contributed by atoms with Gasteiger partial charge in [0.25, 0.3) is 5.91 Å². The predicted molar refractivity (Wildman–Crippen MR) is 139 cm³/mol. The summed E-state index contributed by atoms with van der Waals surface area (Å²) in [5.74, 6) is -2.41. The topological polar surface area (TPSA) is 129 Å². The van der Waals surface area contributed by atoms with E-state index in [0.29, 0.717) is 31.1 Å². The lowest BCUT2D eigenvalue weighted by Crippen LogP contribution is -2.56. The van der Waals surface area contributed by atoms with E-state index in [9.17, 15) is 27.6 Å². The molecule has 214 valence electrons. The number of nitrogens with zero attached hydrogens (tertiary/aromatic N) is 3. The second-order valence-electron chi connectivity index (χ2n) is 10.2. The minimum absolute atomic E-state index is 0.182. The van der Waals surface area contributed by atoms with Crippen LogP contribution in [0.2, 0.25) is 0 Å². The molecule has 3 N–H and O–H groups in total. The minimum Gasteiger partial charge on any atom is -0.378 e. The van der Waals surface area contributed by atoms with Crippen molar-refractivity contribution in [3.63, 3.8) is 0 Å². The molecule has 0 saturated carbocycles. The lowest BCUT2D eigenvalue weighted by Gasteiger charge is -2.42. The molecule has 11 nitrogen and oxygen atoms in total. The summed E-state index contributed by atoms with van der Waals surface area (Å²) < 4.78 is 45.4. The van der Waals surface area contributed by atoms with Crippen LogP contribution in [0.25, 0.3) is 0 Å². The van der Waals surface area contributed by atoms with Crippen molar-refractivity contribution in [2.24, 2.45) is 0 Å².